The van der Waals surface area contributed by atoms with Crippen LogP contribution in [0, 0.1) is 0 Å². The van der Waals surface area contributed by atoms with E-state index in [1.54, 1.807) is 0 Å². The second kappa shape index (κ2) is 41.4. The summed E-state index contributed by atoms with van der Waals surface area (Å²) in [7, 11) is 1.61. The molecular weight excluding hydrogens is 746 g/mol. The Morgan fingerprint density at radius 1 is 0.552 bits per heavy atom. The Bertz CT molecular complexity index is 1200. The zero-order valence-corrected chi connectivity index (χ0v) is 38.6. The van der Waals surface area contributed by atoms with Gasteiger partial charge in [-0.3, -0.25) is 13.8 Å². The molecule has 9 heteroatoms. The van der Waals surface area contributed by atoms with Gasteiger partial charge in [-0.25, -0.2) is 4.57 Å². The Labute approximate surface area is 356 Å². The van der Waals surface area contributed by atoms with Crippen LogP contribution >= 0.6 is 7.82 Å². The number of likely N-dealkylation sites (N-methyl/N-ethyl adjacent to an activating group) is 1. The second-order valence-electron chi connectivity index (χ2n) is 16.0. The lowest BCUT2D eigenvalue weighted by Gasteiger charge is -2.24. The quantitative estimate of drug-likeness (QED) is 0.0216. The second-order valence-corrected chi connectivity index (χ2v) is 17.5. The molecule has 0 aromatic carbocycles. The van der Waals surface area contributed by atoms with Crippen LogP contribution in [0.3, 0.4) is 0 Å². The first-order valence-electron chi connectivity index (χ1n) is 22.8. The van der Waals surface area contributed by atoms with E-state index in [-0.39, 0.29) is 26.2 Å². The maximum Gasteiger partial charge on any atom is 0.472 e. The molecule has 0 aliphatic heterocycles. The van der Waals surface area contributed by atoms with Gasteiger partial charge in [0, 0.05) is 13.0 Å². The monoisotopic (exact) mass is 833 g/mol. The van der Waals surface area contributed by atoms with Crippen molar-refractivity contribution in [2.45, 2.75) is 168 Å². The number of phosphoric acid groups is 1. The van der Waals surface area contributed by atoms with E-state index in [1.807, 2.05) is 33.3 Å². The van der Waals surface area contributed by atoms with E-state index in [9.17, 15) is 14.3 Å². The summed E-state index contributed by atoms with van der Waals surface area (Å²) in [4.78, 5) is 22.9. The van der Waals surface area contributed by atoms with Gasteiger partial charge in [-0.2, -0.15) is 0 Å². The van der Waals surface area contributed by atoms with Gasteiger partial charge in [0.2, 0.25) is 0 Å². The first-order chi connectivity index (χ1) is 28.1. The SMILES string of the molecule is CC/C=C\C/C=C\C/C=C\C/C=C\C/C=C\C/C=C\CCC(=O)OC(COCCCCCCCC/C=C\CCCCCCCCC)COP(=O)(O)OCC[N+](C)(C)C. The molecule has 0 aliphatic carbocycles. The highest BCUT2D eigenvalue weighted by Crippen LogP contribution is 2.43. The van der Waals surface area contributed by atoms with Crippen molar-refractivity contribution in [2.75, 3.05) is 54.1 Å². The summed E-state index contributed by atoms with van der Waals surface area (Å²) < 4.78 is 34.9. The molecule has 0 aliphatic rings. The normalized spacial score (nSPS) is 14.5. The van der Waals surface area contributed by atoms with Gasteiger partial charge in [0.05, 0.1) is 34.4 Å². The lowest BCUT2D eigenvalue weighted by molar-refractivity contribution is -0.870. The molecule has 0 spiro atoms. The van der Waals surface area contributed by atoms with Crippen LogP contribution in [-0.2, 0) is 27.9 Å². The number of esters is 1. The van der Waals surface area contributed by atoms with E-state index in [4.69, 9.17) is 18.5 Å². The van der Waals surface area contributed by atoms with Gasteiger partial charge in [0.1, 0.15) is 19.3 Å². The number of unbranched alkanes of at least 4 members (excludes halogenated alkanes) is 13. The number of ether oxygens (including phenoxy) is 2. The fraction of sp³-hybridized carbons (Fsp3) is 0.694. The van der Waals surface area contributed by atoms with Gasteiger partial charge in [-0.1, -0.05) is 163 Å². The molecule has 0 amide bonds. The Morgan fingerprint density at radius 3 is 1.50 bits per heavy atom. The molecule has 0 bridgehead atoms. The Hall–Kier alpha value is -2.32. The minimum atomic E-state index is -4.30. The van der Waals surface area contributed by atoms with Crippen molar-refractivity contribution >= 4 is 13.8 Å². The summed E-state index contributed by atoms with van der Waals surface area (Å²) in [6.45, 7) is 5.37. The average Bonchev–Trinajstić information content (AvgIpc) is 3.18. The summed E-state index contributed by atoms with van der Waals surface area (Å²) in [5.41, 5.74) is 0. The highest BCUT2D eigenvalue weighted by molar-refractivity contribution is 7.47. The van der Waals surface area contributed by atoms with Crippen LogP contribution in [0.1, 0.15) is 162 Å². The van der Waals surface area contributed by atoms with Gasteiger partial charge < -0.3 is 18.9 Å². The van der Waals surface area contributed by atoms with Crippen molar-refractivity contribution in [3.63, 3.8) is 0 Å². The van der Waals surface area contributed by atoms with E-state index in [0.29, 0.717) is 24.1 Å². The number of nitrogens with zero attached hydrogens (tertiary/aromatic N) is 1. The van der Waals surface area contributed by atoms with Crippen molar-refractivity contribution in [3.8, 4) is 0 Å². The number of hydrogen-bond acceptors (Lipinski definition) is 6. The van der Waals surface area contributed by atoms with E-state index < -0.39 is 19.9 Å². The summed E-state index contributed by atoms with van der Waals surface area (Å²) in [5.74, 6) is -0.400. The maximum absolute atomic E-state index is 12.7. The third-order valence-corrected chi connectivity index (χ3v) is 10.2. The van der Waals surface area contributed by atoms with Crippen molar-refractivity contribution in [2.24, 2.45) is 0 Å². The Kier molecular flexibility index (Phi) is 39.8. The van der Waals surface area contributed by atoms with Crippen molar-refractivity contribution < 1.29 is 37.3 Å². The molecule has 0 heterocycles. The molecule has 0 rings (SSSR count). The average molecular weight is 833 g/mol. The van der Waals surface area contributed by atoms with Crippen LogP contribution in [-0.4, -0.2) is 75.6 Å². The summed E-state index contributed by atoms with van der Waals surface area (Å²) in [5, 5.41) is 0. The number of quaternary nitrogens is 1. The van der Waals surface area contributed by atoms with Gasteiger partial charge in [-0.15, -0.1) is 0 Å². The highest BCUT2D eigenvalue weighted by atomic mass is 31.2. The van der Waals surface area contributed by atoms with Crippen molar-refractivity contribution in [1.29, 1.82) is 0 Å². The molecule has 58 heavy (non-hydrogen) atoms. The largest absolute Gasteiger partial charge is 0.472 e. The van der Waals surface area contributed by atoms with Gasteiger partial charge >= 0.3 is 13.8 Å². The molecule has 0 aromatic heterocycles. The first kappa shape index (κ1) is 55.7. The van der Waals surface area contributed by atoms with E-state index in [1.165, 1.54) is 83.5 Å². The predicted octanol–water partition coefficient (Wildman–Crippen LogP) is 13.7. The molecule has 334 valence electrons. The van der Waals surface area contributed by atoms with Crippen LogP contribution in [0.15, 0.2) is 85.1 Å². The molecule has 2 atom stereocenters. The van der Waals surface area contributed by atoms with Crippen LogP contribution in [0.4, 0.5) is 0 Å². The zero-order valence-electron chi connectivity index (χ0n) is 37.8. The minimum absolute atomic E-state index is 0.0696. The Morgan fingerprint density at radius 2 is 1.00 bits per heavy atom. The molecule has 8 nitrogen and oxygen atoms in total. The van der Waals surface area contributed by atoms with Crippen molar-refractivity contribution in [1.82, 2.24) is 0 Å². The molecule has 0 saturated heterocycles. The lowest BCUT2D eigenvalue weighted by atomic mass is 10.1. The zero-order chi connectivity index (χ0) is 42.7. The summed E-state index contributed by atoms with van der Waals surface area (Å²) in [6.07, 6.45) is 54.9. The van der Waals surface area contributed by atoms with Crippen molar-refractivity contribution in [3.05, 3.63) is 85.1 Å². The third-order valence-electron chi connectivity index (χ3n) is 9.20. The van der Waals surface area contributed by atoms with E-state index in [2.05, 4.69) is 86.8 Å². The number of rotatable bonds is 41. The molecule has 1 N–H and O–H groups in total. The first-order valence-corrected chi connectivity index (χ1v) is 24.3. The number of phosphoric ester groups is 1. The molecule has 0 saturated carbocycles. The van der Waals surface area contributed by atoms with Gasteiger partial charge in [0.15, 0.2) is 0 Å². The van der Waals surface area contributed by atoms with Crippen LogP contribution in [0.5, 0.6) is 0 Å². The number of allylic oxidation sites excluding steroid dienone is 14. The third kappa shape index (κ3) is 44.8. The van der Waals surface area contributed by atoms with Crippen LogP contribution in [0.2, 0.25) is 0 Å². The van der Waals surface area contributed by atoms with E-state index in [0.717, 1.165) is 51.4 Å². The topological polar surface area (TPSA) is 91.3 Å². The van der Waals surface area contributed by atoms with Crippen LogP contribution < -0.4 is 0 Å². The highest BCUT2D eigenvalue weighted by Gasteiger charge is 2.26. The fourth-order valence-corrected chi connectivity index (χ4v) is 6.43. The standard InChI is InChI=1S/C49H86NO7P/c1-6-8-10-12-14-16-18-20-22-24-25-26-28-30-32-34-36-38-40-42-49(51)57-48(47-56-58(52,53)55-45-43-50(3,4)5)46-54-44-41-39-37-35-33-31-29-27-23-21-19-17-15-13-11-9-7-2/h8,10,14,16,20,22-23,25-27,30,32,36,38,48H,6-7,9,11-13,15,17-19,21,24,28-29,31,33-35,37,39-47H2,1-5H3/p+1/b10-8-,16-14-,22-20-,26-25-,27-23-,32-30-,38-36-. The minimum Gasteiger partial charge on any atom is -0.457 e. The number of carbonyl (C=O) groups is 1. The predicted molar refractivity (Wildman–Crippen MR) is 247 cm³/mol. The molecule has 0 aromatic rings. The summed E-state index contributed by atoms with van der Waals surface area (Å²) in [6, 6.07) is 0. The Balaban J connectivity index is 4.38. The van der Waals surface area contributed by atoms with E-state index >= 15 is 0 Å². The fourth-order valence-electron chi connectivity index (χ4n) is 5.69. The number of carbonyl (C=O) groups excluding carboxylic acids is 1. The molecule has 0 radical (unpaired) electrons. The smallest absolute Gasteiger partial charge is 0.457 e. The van der Waals surface area contributed by atoms with Crippen LogP contribution in [0.25, 0.3) is 0 Å². The lowest BCUT2D eigenvalue weighted by Crippen LogP contribution is -2.37. The summed E-state index contributed by atoms with van der Waals surface area (Å²) >= 11 is 0. The maximum atomic E-state index is 12.7. The van der Waals surface area contributed by atoms with Gasteiger partial charge in [-0.05, 0) is 77.0 Å². The molecule has 0 fully saturated rings. The molecule has 2 unspecified atom stereocenters. The molecular formula is C49H87NO7P+. The number of hydrogen-bond donors (Lipinski definition) is 1. The van der Waals surface area contributed by atoms with Gasteiger partial charge in [0.25, 0.3) is 0 Å².